The molecule has 1 aliphatic heterocycles. The molecule has 0 aromatic heterocycles. The van der Waals surface area contributed by atoms with Crippen molar-refractivity contribution in [3.63, 3.8) is 0 Å². The predicted molar refractivity (Wildman–Crippen MR) is 224 cm³/mol. The maximum absolute atomic E-state index is 7.79. The molecule has 0 spiro atoms. The zero-order valence-electron chi connectivity index (χ0n) is 32.7. The van der Waals surface area contributed by atoms with Gasteiger partial charge in [-0.3, -0.25) is 0 Å². The van der Waals surface area contributed by atoms with Crippen LogP contribution in [0, 0.1) is 0 Å². The van der Waals surface area contributed by atoms with Gasteiger partial charge in [-0.2, -0.15) is 0 Å². The summed E-state index contributed by atoms with van der Waals surface area (Å²) >= 11 is 0. The fourth-order valence-corrected chi connectivity index (χ4v) is 7.56. The molecule has 0 aliphatic carbocycles. The van der Waals surface area contributed by atoms with E-state index >= 15 is 0 Å². The number of nitrogens with one attached hydrogen (secondary N) is 1. The van der Waals surface area contributed by atoms with E-state index in [1.807, 2.05) is 19.1 Å². The van der Waals surface area contributed by atoms with Crippen molar-refractivity contribution < 1.29 is 14.0 Å². The van der Waals surface area contributed by atoms with Crippen LogP contribution in [0.3, 0.4) is 0 Å². The first kappa shape index (κ1) is 37.2. The zero-order chi connectivity index (χ0) is 37.9. The third kappa shape index (κ3) is 7.62. The van der Waals surface area contributed by atoms with E-state index in [0.29, 0.717) is 13.2 Å². The number of rotatable bonds is 7. The van der Waals surface area contributed by atoms with Gasteiger partial charge in [0.1, 0.15) is 17.1 Å². The molecule has 5 heteroatoms. The molecule has 0 saturated heterocycles. The summed E-state index contributed by atoms with van der Waals surface area (Å²) in [4.78, 5) is 0. The van der Waals surface area contributed by atoms with E-state index in [-0.39, 0.29) is 16.9 Å². The van der Waals surface area contributed by atoms with Gasteiger partial charge < -0.3 is 19.4 Å². The van der Waals surface area contributed by atoms with Crippen LogP contribution >= 0.6 is 0 Å². The van der Waals surface area contributed by atoms with E-state index < -0.39 is 12.7 Å². The highest BCUT2D eigenvalue weighted by Gasteiger charge is 2.49. The predicted octanol–water partition coefficient (Wildman–Crippen LogP) is 10.9. The van der Waals surface area contributed by atoms with Crippen LogP contribution in [0.4, 0.5) is 0 Å². The summed E-state index contributed by atoms with van der Waals surface area (Å²) in [7, 11) is -0.772. The molecule has 54 heavy (non-hydrogen) atoms. The molecule has 0 unspecified atom stereocenters. The van der Waals surface area contributed by atoms with E-state index in [9.17, 15) is 0 Å². The molecule has 1 atom stereocenters. The van der Waals surface area contributed by atoms with E-state index in [4.69, 9.17) is 14.0 Å². The largest absolute Gasteiger partial charge is 0.563 e. The summed E-state index contributed by atoms with van der Waals surface area (Å²) in [5.41, 5.74) is 8.66. The Hall–Kier alpha value is -5.10. The summed E-state index contributed by atoms with van der Waals surface area (Å²) in [5.74, 6) is 1.74. The molecular weight excluding hydrogens is 661 g/mol. The minimum atomic E-state index is -1.00. The minimum Gasteiger partial charge on any atom is -0.532 e. The second kappa shape index (κ2) is 15.3. The van der Waals surface area contributed by atoms with Crippen LogP contribution in [0.2, 0.25) is 0 Å². The molecule has 6 aromatic rings. The highest BCUT2D eigenvalue weighted by molar-refractivity contribution is 6.62. The molecule has 274 valence electrons. The molecule has 0 bridgehead atoms. The van der Waals surface area contributed by atoms with Gasteiger partial charge in [0.15, 0.2) is 0 Å². The maximum atomic E-state index is 7.79. The molecule has 0 amide bonds. The molecule has 0 radical (unpaired) electrons. The van der Waals surface area contributed by atoms with Crippen molar-refractivity contribution in [3.8, 4) is 22.6 Å². The van der Waals surface area contributed by atoms with Gasteiger partial charge in [0.05, 0.1) is 12.6 Å². The van der Waals surface area contributed by atoms with Gasteiger partial charge in [0.2, 0.25) is 0 Å². The van der Waals surface area contributed by atoms with Crippen molar-refractivity contribution in [3.05, 3.63) is 185 Å². The maximum Gasteiger partial charge on any atom is 0.563 e. The lowest BCUT2D eigenvalue weighted by Gasteiger charge is -2.43. The Morgan fingerprint density at radius 3 is 1.72 bits per heavy atom. The third-order valence-corrected chi connectivity index (χ3v) is 10.5. The highest BCUT2D eigenvalue weighted by Crippen LogP contribution is 2.47. The van der Waals surface area contributed by atoms with Gasteiger partial charge in [-0.25, -0.2) is 0 Å². The monoisotopic (exact) mass is 713 g/mol. The van der Waals surface area contributed by atoms with E-state index in [0.717, 1.165) is 55.9 Å². The van der Waals surface area contributed by atoms with Crippen LogP contribution in [0.25, 0.3) is 11.1 Å². The average molecular weight is 714 g/mol. The molecule has 1 N–H and O–H groups in total. The lowest BCUT2D eigenvalue weighted by molar-refractivity contribution is 0.0495. The number of fused-ring (bicyclic) bond motifs is 1. The highest BCUT2D eigenvalue weighted by atomic mass is 16.6. The number of hydrogen-bond acceptors (Lipinski definition) is 4. The third-order valence-electron chi connectivity index (χ3n) is 10.5. The Morgan fingerprint density at radius 2 is 1.20 bits per heavy atom. The topological polar surface area (TPSA) is 39.7 Å². The Morgan fingerprint density at radius 1 is 0.667 bits per heavy atom. The summed E-state index contributed by atoms with van der Waals surface area (Å²) in [6.45, 7) is 16.9. The fourth-order valence-electron chi connectivity index (χ4n) is 7.56. The van der Waals surface area contributed by atoms with Crippen LogP contribution < -0.4 is 20.2 Å². The summed E-state index contributed by atoms with van der Waals surface area (Å²) in [6.07, 6.45) is 0. The number of benzene rings is 6. The Labute approximate surface area is 322 Å². The normalized spacial score (nSPS) is 16.0. The number of hydrogen-bond donors (Lipinski definition) is 1. The first-order valence-electron chi connectivity index (χ1n) is 19.2. The summed E-state index contributed by atoms with van der Waals surface area (Å²) < 4.78 is 20.9. The first-order valence-corrected chi connectivity index (χ1v) is 19.2. The molecule has 4 nitrogen and oxygen atoms in total. The molecule has 0 saturated carbocycles. The van der Waals surface area contributed by atoms with Gasteiger partial charge in [0.25, 0.3) is 0 Å². The van der Waals surface area contributed by atoms with Gasteiger partial charge in [-0.15, -0.1) is 0 Å². The van der Waals surface area contributed by atoms with E-state index in [2.05, 4.69) is 186 Å². The summed E-state index contributed by atoms with van der Waals surface area (Å²) in [6, 6.07) is 53.2. The van der Waals surface area contributed by atoms with E-state index in [1.165, 1.54) is 5.56 Å². The molecule has 6 aromatic carbocycles. The van der Waals surface area contributed by atoms with Crippen molar-refractivity contribution in [2.24, 2.45) is 0 Å². The number of ether oxygens (including phenoxy) is 1. The zero-order valence-corrected chi connectivity index (χ0v) is 32.7. The van der Waals surface area contributed by atoms with Crippen LogP contribution in [0.1, 0.15) is 87.9 Å². The SMILES string of the molecule is CCOc1ccc(-c2ccc(B3Oc4c(cc(C(C)(C)C)cc4C(C)(C)C)CN[C@H](c4ccccc4)C(c4ccccc4)(c4ccccc4)O3)cc2)cc1. The standard InChI is InChI=1S/C49H52BNO3/c1-8-52-43-30-26-36(27-31-43)35-24-28-42(29-25-35)50-53-45-38(32-41(47(2,3)4)33-44(45)48(5,6)7)34-51-46(37-18-12-9-13-19-37)49(54-50,39-20-14-10-15-21-39)40-22-16-11-17-23-40/h9-33,46,51H,8,34H2,1-7H3/t46-/m1/s1. The van der Waals surface area contributed by atoms with Crippen molar-refractivity contribution >= 4 is 12.6 Å². The van der Waals surface area contributed by atoms with E-state index in [1.54, 1.807) is 0 Å². The summed E-state index contributed by atoms with van der Waals surface area (Å²) in [5, 5.41) is 4.08. The Balaban J connectivity index is 1.48. The van der Waals surface area contributed by atoms with Gasteiger partial charge in [-0.05, 0) is 74.3 Å². The molecule has 7 rings (SSSR count). The van der Waals surface area contributed by atoms with Gasteiger partial charge in [0, 0.05) is 12.1 Å². The van der Waals surface area contributed by atoms with Crippen LogP contribution in [0.15, 0.2) is 152 Å². The minimum absolute atomic E-state index is 0.0588. The second-order valence-electron chi connectivity index (χ2n) is 16.4. The second-order valence-corrected chi connectivity index (χ2v) is 16.4. The average Bonchev–Trinajstić information content (AvgIpc) is 3.25. The van der Waals surface area contributed by atoms with Crippen LogP contribution in [0.5, 0.6) is 11.5 Å². The fraction of sp³-hybridized carbons (Fsp3) is 0.265. The van der Waals surface area contributed by atoms with Crippen molar-refractivity contribution in [1.29, 1.82) is 0 Å². The lowest BCUT2D eigenvalue weighted by atomic mass is 9.71. The van der Waals surface area contributed by atoms with Gasteiger partial charge in [-0.1, -0.05) is 181 Å². The first-order chi connectivity index (χ1) is 26.0. The van der Waals surface area contributed by atoms with Crippen molar-refractivity contribution in [2.45, 2.75) is 77.5 Å². The van der Waals surface area contributed by atoms with Crippen molar-refractivity contribution in [2.75, 3.05) is 6.61 Å². The van der Waals surface area contributed by atoms with Crippen LogP contribution in [-0.2, 0) is 27.6 Å². The molecular formula is C49H52BNO3. The lowest BCUT2D eigenvalue weighted by Crippen LogP contribution is -2.52. The Kier molecular flexibility index (Phi) is 10.6. The quantitative estimate of drug-likeness (QED) is 0.167. The van der Waals surface area contributed by atoms with Crippen molar-refractivity contribution in [1.82, 2.24) is 5.32 Å². The molecule has 1 aliphatic rings. The molecule has 0 fully saturated rings. The Bertz CT molecular complexity index is 2100. The smallest absolute Gasteiger partial charge is 0.532 e. The van der Waals surface area contributed by atoms with Crippen LogP contribution in [-0.4, -0.2) is 13.7 Å². The van der Waals surface area contributed by atoms with Gasteiger partial charge >= 0.3 is 7.12 Å². The molecule has 1 heterocycles.